The summed E-state index contributed by atoms with van der Waals surface area (Å²) in [6.07, 6.45) is 0. The molecule has 2 rings (SSSR count). The Hall–Kier alpha value is -1.29. The molecule has 4 heteroatoms. The van der Waals surface area contributed by atoms with Gasteiger partial charge in [0.2, 0.25) is 9.84 Å². The second-order valence-corrected chi connectivity index (χ2v) is 5.40. The van der Waals surface area contributed by atoms with Crippen LogP contribution in [0.4, 0.5) is 0 Å². The van der Waals surface area contributed by atoms with E-state index in [1.807, 2.05) is 11.8 Å². The zero-order chi connectivity index (χ0) is 10.9. The Morgan fingerprint density at radius 2 is 1.87 bits per heavy atom. The largest absolute Gasteiger partial charge is 0.371 e. The zero-order valence-electron chi connectivity index (χ0n) is 8.55. The van der Waals surface area contributed by atoms with Gasteiger partial charge in [0, 0.05) is 18.8 Å². The van der Waals surface area contributed by atoms with Crippen LogP contribution in [0.3, 0.4) is 0 Å². The molecule has 0 unspecified atom stereocenters. The molecule has 1 aromatic carbocycles. The molecule has 1 saturated heterocycles. The van der Waals surface area contributed by atoms with Gasteiger partial charge in [-0.1, -0.05) is 18.2 Å². The summed E-state index contributed by atoms with van der Waals surface area (Å²) in [5, 5.41) is 1.34. The summed E-state index contributed by atoms with van der Waals surface area (Å²) in [6, 6.07) is 8.49. The van der Waals surface area contributed by atoms with Gasteiger partial charge in [-0.15, -0.1) is 0 Å². The maximum atomic E-state index is 11.9. The Morgan fingerprint density at radius 1 is 1.27 bits per heavy atom. The van der Waals surface area contributed by atoms with Crippen molar-refractivity contribution in [1.82, 2.24) is 4.90 Å². The summed E-state index contributed by atoms with van der Waals surface area (Å²) < 4.78 is 23.7. The minimum absolute atomic E-state index is 0.353. The van der Waals surface area contributed by atoms with E-state index in [9.17, 15) is 8.42 Å². The van der Waals surface area contributed by atoms with Crippen molar-refractivity contribution in [2.24, 2.45) is 0 Å². The molecule has 80 valence electrons. The summed E-state index contributed by atoms with van der Waals surface area (Å²) in [6.45, 7) is 3.76. The van der Waals surface area contributed by atoms with Gasteiger partial charge < -0.3 is 4.90 Å². The normalized spacial score (nSPS) is 16.6. The van der Waals surface area contributed by atoms with E-state index in [-0.39, 0.29) is 0 Å². The Balaban J connectivity index is 2.31. The molecule has 0 N–H and O–H groups in total. The third-order valence-electron chi connectivity index (χ3n) is 2.34. The van der Waals surface area contributed by atoms with Crippen molar-refractivity contribution in [3.63, 3.8) is 0 Å². The van der Waals surface area contributed by atoms with Gasteiger partial charge in [-0.2, -0.15) is 0 Å². The lowest BCUT2D eigenvalue weighted by molar-refractivity contribution is 0.602. The first-order valence-electron chi connectivity index (χ1n) is 4.83. The molecule has 1 heterocycles. The molecule has 0 saturated carbocycles. The van der Waals surface area contributed by atoms with Crippen LogP contribution in [-0.4, -0.2) is 26.4 Å². The minimum atomic E-state index is -3.27. The fraction of sp³-hybridized carbons (Fsp3) is 0.273. The molecule has 0 aliphatic carbocycles. The molecule has 1 aromatic rings. The molecule has 0 atom stereocenters. The van der Waals surface area contributed by atoms with Gasteiger partial charge >= 0.3 is 0 Å². The maximum Gasteiger partial charge on any atom is 0.201 e. The highest BCUT2D eigenvalue weighted by molar-refractivity contribution is 7.94. The lowest BCUT2D eigenvalue weighted by Crippen LogP contribution is -2.01. The Bertz CT molecular complexity index is 473. The number of nitrogens with zero attached hydrogens (tertiary/aromatic N) is 1. The molecule has 1 aliphatic rings. The molecule has 0 spiro atoms. The van der Waals surface area contributed by atoms with Crippen LogP contribution in [0.2, 0.25) is 0 Å². The van der Waals surface area contributed by atoms with Crippen LogP contribution in [-0.2, 0) is 9.84 Å². The number of hydrogen-bond donors (Lipinski definition) is 0. The van der Waals surface area contributed by atoms with Crippen LogP contribution in [0.5, 0.6) is 0 Å². The van der Waals surface area contributed by atoms with Gasteiger partial charge in [0.15, 0.2) is 0 Å². The summed E-state index contributed by atoms with van der Waals surface area (Å²) in [5.41, 5.74) is 0.818. The van der Waals surface area contributed by atoms with Crippen molar-refractivity contribution in [3.05, 3.63) is 41.4 Å². The van der Waals surface area contributed by atoms with Crippen molar-refractivity contribution in [2.75, 3.05) is 13.1 Å². The van der Waals surface area contributed by atoms with Gasteiger partial charge in [0.1, 0.15) is 0 Å². The lowest BCUT2D eigenvalue weighted by atomic mass is 10.4. The first-order valence-corrected chi connectivity index (χ1v) is 6.37. The standard InChI is InChI=1S/C11H13NO2S/c1-10(12-7-8-12)9-15(13,14)11-5-3-2-4-6-11/h2-6,9H,7-8H2,1H3/b10-9-. The topological polar surface area (TPSA) is 37.1 Å². The number of benzene rings is 1. The van der Waals surface area contributed by atoms with Crippen molar-refractivity contribution >= 4 is 9.84 Å². The quantitative estimate of drug-likeness (QED) is 0.731. The zero-order valence-corrected chi connectivity index (χ0v) is 9.37. The number of hydrogen-bond acceptors (Lipinski definition) is 3. The van der Waals surface area contributed by atoms with Gasteiger partial charge in [-0.05, 0) is 19.1 Å². The van der Waals surface area contributed by atoms with E-state index in [2.05, 4.69) is 0 Å². The van der Waals surface area contributed by atoms with Crippen LogP contribution < -0.4 is 0 Å². The van der Waals surface area contributed by atoms with E-state index in [0.29, 0.717) is 4.90 Å². The van der Waals surface area contributed by atoms with Crippen molar-refractivity contribution in [2.45, 2.75) is 11.8 Å². The highest BCUT2D eigenvalue weighted by Crippen LogP contribution is 2.18. The van der Waals surface area contributed by atoms with Crippen LogP contribution >= 0.6 is 0 Å². The Labute approximate surface area is 89.9 Å². The number of rotatable bonds is 3. The van der Waals surface area contributed by atoms with E-state index in [1.165, 1.54) is 5.41 Å². The third kappa shape index (κ3) is 2.39. The Kier molecular flexibility index (Phi) is 2.52. The average Bonchev–Trinajstić information content (AvgIpc) is 3.01. The minimum Gasteiger partial charge on any atom is -0.371 e. The van der Waals surface area contributed by atoms with Crippen LogP contribution in [0.25, 0.3) is 0 Å². The van der Waals surface area contributed by atoms with E-state index >= 15 is 0 Å². The van der Waals surface area contributed by atoms with Crippen LogP contribution in [0.1, 0.15) is 6.92 Å². The van der Waals surface area contributed by atoms with Gasteiger partial charge in [0.05, 0.1) is 10.3 Å². The summed E-state index contributed by atoms with van der Waals surface area (Å²) >= 11 is 0. The molecule has 0 radical (unpaired) electrons. The molecule has 0 aromatic heterocycles. The van der Waals surface area contributed by atoms with Gasteiger partial charge in [-0.3, -0.25) is 0 Å². The number of sulfone groups is 1. The van der Waals surface area contributed by atoms with Gasteiger partial charge in [0.25, 0.3) is 0 Å². The summed E-state index contributed by atoms with van der Waals surface area (Å²) in [4.78, 5) is 2.37. The predicted molar refractivity (Wildman–Crippen MR) is 59.0 cm³/mol. The van der Waals surface area contributed by atoms with E-state index < -0.39 is 9.84 Å². The summed E-state index contributed by atoms with van der Waals surface area (Å²) in [5.74, 6) is 0. The number of allylic oxidation sites excluding steroid dienone is 1. The van der Waals surface area contributed by atoms with E-state index in [4.69, 9.17) is 0 Å². The van der Waals surface area contributed by atoms with Gasteiger partial charge in [-0.25, -0.2) is 8.42 Å². The highest BCUT2D eigenvalue weighted by Gasteiger charge is 2.20. The SMILES string of the molecule is C/C(=C/S(=O)(=O)c1ccccc1)N1CC1. The molecule has 1 fully saturated rings. The van der Waals surface area contributed by atoms with Crippen molar-refractivity contribution in [1.29, 1.82) is 0 Å². The fourth-order valence-corrected chi connectivity index (χ4v) is 2.65. The van der Waals surface area contributed by atoms with Crippen LogP contribution in [0.15, 0.2) is 46.3 Å². The molecule has 1 aliphatic heterocycles. The highest BCUT2D eigenvalue weighted by atomic mass is 32.2. The molecule has 0 bridgehead atoms. The predicted octanol–water partition coefficient (Wildman–Crippen LogP) is 1.64. The average molecular weight is 223 g/mol. The summed E-state index contributed by atoms with van der Waals surface area (Å²) in [7, 11) is -3.27. The second-order valence-electron chi connectivity index (χ2n) is 3.60. The smallest absolute Gasteiger partial charge is 0.201 e. The maximum absolute atomic E-state index is 11.9. The van der Waals surface area contributed by atoms with Crippen molar-refractivity contribution in [3.8, 4) is 0 Å². The Morgan fingerprint density at radius 3 is 2.40 bits per heavy atom. The monoisotopic (exact) mass is 223 g/mol. The van der Waals surface area contributed by atoms with E-state index in [0.717, 1.165) is 18.8 Å². The van der Waals surface area contributed by atoms with Crippen molar-refractivity contribution < 1.29 is 8.42 Å². The fourth-order valence-electron chi connectivity index (χ4n) is 1.38. The molecule has 3 nitrogen and oxygen atoms in total. The lowest BCUT2D eigenvalue weighted by Gasteiger charge is -2.03. The van der Waals surface area contributed by atoms with Crippen LogP contribution in [0, 0.1) is 0 Å². The molecule has 15 heavy (non-hydrogen) atoms. The van der Waals surface area contributed by atoms with E-state index in [1.54, 1.807) is 30.3 Å². The first kappa shape index (κ1) is 10.2. The molecule has 0 amide bonds. The third-order valence-corrected chi connectivity index (χ3v) is 3.92. The molecular weight excluding hydrogens is 210 g/mol. The first-order chi connectivity index (χ1) is 7.09. The molecular formula is C11H13NO2S. The second kappa shape index (κ2) is 3.70.